The van der Waals surface area contributed by atoms with Crippen molar-refractivity contribution < 1.29 is 19.4 Å². The molecule has 2 aliphatic rings. The number of nitrogens with two attached hydrogens (primary N) is 1. The fourth-order valence-electron chi connectivity index (χ4n) is 2.01. The maximum absolute atomic E-state index is 11.9. The lowest BCUT2D eigenvalue weighted by molar-refractivity contribution is -0.121. The highest BCUT2D eigenvalue weighted by atomic mass is 16.5. The Morgan fingerprint density at radius 3 is 2.94 bits per heavy atom. The highest BCUT2D eigenvalue weighted by molar-refractivity contribution is 5.93. The molecule has 0 saturated carbocycles. The lowest BCUT2D eigenvalue weighted by atomic mass is 10.1. The molecule has 7 heteroatoms. The molecule has 18 heavy (non-hydrogen) atoms. The van der Waals surface area contributed by atoms with Crippen molar-refractivity contribution in [1.29, 1.82) is 0 Å². The van der Waals surface area contributed by atoms with Gasteiger partial charge in [0.2, 0.25) is 0 Å². The SMILES string of the molecule is CC(=O)C1(N)C=CN([C@H]2CC[C@@H](CO)O2)C(=O)N1. The van der Waals surface area contributed by atoms with Crippen LogP contribution in [0.1, 0.15) is 19.8 Å². The van der Waals surface area contributed by atoms with Gasteiger partial charge in [0, 0.05) is 6.20 Å². The molecule has 3 atom stereocenters. The Labute approximate surface area is 105 Å². The highest BCUT2D eigenvalue weighted by Crippen LogP contribution is 2.24. The lowest BCUT2D eigenvalue weighted by Gasteiger charge is -2.35. The van der Waals surface area contributed by atoms with E-state index in [1.54, 1.807) is 0 Å². The number of ketones is 1. The van der Waals surface area contributed by atoms with E-state index < -0.39 is 17.9 Å². The van der Waals surface area contributed by atoms with Crippen molar-refractivity contribution in [2.75, 3.05) is 6.61 Å². The summed E-state index contributed by atoms with van der Waals surface area (Å²) in [5.41, 5.74) is 4.29. The number of aliphatic hydroxyl groups is 1. The van der Waals surface area contributed by atoms with Gasteiger partial charge in [-0.15, -0.1) is 0 Å². The number of Topliss-reactive ketones (excluding diaryl/α,β-unsaturated/α-hetero) is 1. The average Bonchev–Trinajstić information content (AvgIpc) is 2.77. The first kappa shape index (κ1) is 13.0. The summed E-state index contributed by atoms with van der Waals surface area (Å²) in [5, 5.41) is 11.4. The zero-order chi connectivity index (χ0) is 13.3. The molecule has 2 aliphatic heterocycles. The van der Waals surface area contributed by atoms with Crippen LogP contribution in [-0.4, -0.2) is 46.4 Å². The standard InChI is InChI=1S/C11H17N3O4/c1-7(16)11(12)4-5-14(10(17)13-11)9-3-2-8(6-15)18-9/h4-5,8-9,15H,2-3,6,12H2,1H3,(H,13,17)/t8-,9+,11?/m0/s1. The van der Waals surface area contributed by atoms with E-state index in [9.17, 15) is 9.59 Å². The molecule has 1 unspecified atom stereocenters. The van der Waals surface area contributed by atoms with Gasteiger partial charge in [0.1, 0.15) is 6.23 Å². The Bertz CT molecular complexity index is 398. The Balaban J connectivity index is 2.09. The van der Waals surface area contributed by atoms with Crippen LogP contribution < -0.4 is 11.1 Å². The largest absolute Gasteiger partial charge is 0.394 e. The lowest BCUT2D eigenvalue weighted by Crippen LogP contribution is -2.65. The number of nitrogens with one attached hydrogen (secondary N) is 1. The van der Waals surface area contributed by atoms with E-state index in [1.165, 1.54) is 24.1 Å². The first-order valence-electron chi connectivity index (χ1n) is 5.82. The Morgan fingerprint density at radius 2 is 2.44 bits per heavy atom. The molecule has 0 aromatic carbocycles. The first-order valence-corrected chi connectivity index (χ1v) is 5.82. The Hall–Kier alpha value is -1.44. The third kappa shape index (κ3) is 2.24. The molecule has 2 rings (SSSR count). The normalized spacial score (nSPS) is 35.7. The minimum absolute atomic E-state index is 0.0655. The summed E-state index contributed by atoms with van der Waals surface area (Å²) in [7, 11) is 0. The van der Waals surface area contributed by atoms with E-state index in [4.69, 9.17) is 15.6 Å². The van der Waals surface area contributed by atoms with Crippen LogP contribution in [0, 0.1) is 0 Å². The van der Waals surface area contributed by atoms with Crippen LogP contribution in [0.2, 0.25) is 0 Å². The molecule has 100 valence electrons. The van der Waals surface area contributed by atoms with Gasteiger partial charge in [0.25, 0.3) is 0 Å². The second kappa shape index (κ2) is 4.68. The molecule has 0 aliphatic carbocycles. The van der Waals surface area contributed by atoms with Gasteiger partial charge in [-0.25, -0.2) is 4.79 Å². The minimum atomic E-state index is -1.44. The van der Waals surface area contributed by atoms with Crippen molar-refractivity contribution in [1.82, 2.24) is 10.2 Å². The highest BCUT2D eigenvalue weighted by Gasteiger charge is 2.39. The van der Waals surface area contributed by atoms with Crippen molar-refractivity contribution in [3.63, 3.8) is 0 Å². The number of rotatable bonds is 3. The monoisotopic (exact) mass is 255 g/mol. The summed E-state index contributed by atoms with van der Waals surface area (Å²) in [6.07, 6.45) is 3.57. The van der Waals surface area contributed by atoms with Crippen LogP contribution in [0.5, 0.6) is 0 Å². The second-order valence-electron chi connectivity index (χ2n) is 4.55. The Kier molecular flexibility index (Phi) is 3.38. The van der Waals surface area contributed by atoms with Crippen molar-refractivity contribution in [2.45, 2.75) is 37.8 Å². The first-order chi connectivity index (χ1) is 8.46. The molecule has 0 radical (unpaired) electrons. The average molecular weight is 255 g/mol. The molecule has 0 spiro atoms. The second-order valence-corrected chi connectivity index (χ2v) is 4.55. The third-order valence-electron chi connectivity index (χ3n) is 3.23. The molecule has 1 saturated heterocycles. The number of urea groups is 1. The predicted octanol–water partition coefficient (Wildman–Crippen LogP) is -0.733. The minimum Gasteiger partial charge on any atom is -0.394 e. The Morgan fingerprint density at radius 1 is 1.72 bits per heavy atom. The smallest absolute Gasteiger partial charge is 0.325 e. The number of aliphatic hydroxyl groups excluding tert-OH is 1. The molecule has 0 aromatic rings. The van der Waals surface area contributed by atoms with Gasteiger partial charge in [-0.3, -0.25) is 15.4 Å². The number of hydrogen-bond donors (Lipinski definition) is 3. The molecule has 0 aromatic heterocycles. The van der Waals surface area contributed by atoms with E-state index in [2.05, 4.69) is 5.32 Å². The zero-order valence-electron chi connectivity index (χ0n) is 10.1. The third-order valence-corrected chi connectivity index (χ3v) is 3.23. The maximum atomic E-state index is 11.9. The summed E-state index contributed by atoms with van der Waals surface area (Å²) in [4.78, 5) is 24.6. The number of carbonyl (C=O) groups is 2. The zero-order valence-corrected chi connectivity index (χ0v) is 10.1. The van der Waals surface area contributed by atoms with Crippen LogP contribution in [0.15, 0.2) is 12.3 Å². The van der Waals surface area contributed by atoms with Crippen LogP contribution in [0.4, 0.5) is 4.79 Å². The molecule has 7 nitrogen and oxygen atoms in total. The molecule has 4 N–H and O–H groups in total. The van der Waals surface area contributed by atoms with Gasteiger partial charge in [-0.05, 0) is 25.8 Å². The predicted molar refractivity (Wildman–Crippen MR) is 62.1 cm³/mol. The molecular weight excluding hydrogens is 238 g/mol. The van der Waals surface area contributed by atoms with E-state index in [-0.39, 0.29) is 18.5 Å². The summed E-state index contributed by atoms with van der Waals surface area (Å²) in [6.45, 7) is 1.25. The van der Waals surface area contributed by atoms with Gasteiger partial charge in [0.15, 0.2) is 11.4 Å². The number of amides is 2. The summed E-state index contributed by atoms with van der Waals surface area (Å²) in [5.74, 6) is -0.340. The van der Waals surface area contributed by atoms with Gasteiger partial charge >= 0.3 is 6.03 Å². The van der Waals surface area contributed by atoms with Crippen molar-refractivity contribution in [2.24, 2.45) is 5.73 Å². The number of hydrogen-bond acceptors (Lipinski definition) is 5. The quantitative estimate of drug-likeness (QED) is 0.616. The molecule has 0 bridgehead atoms. The van der Waals surface area contributed by atoms with Crippen molar-refractivity contribution in [3.8, 4) is 0 Å². The number of nitrogens with zero attached hydrogens (tertiary/aromatic N) is 1. The van der Waals surface area contributed by atoms with Crippen LogP contribution in [0.3, 0.4) is 0 Å². The maximum Gasteiger partial charge on any atom is 0.325 e. The summed E-state index contributed by atoms with van der Waals surface area (Å²) >= 11 is 0. The topological polar surface area (TPSA) is 105 Å². The van der Waals surface area contributed by atoms with Gasteiger partial charge in [0.05, 0.1) is 12.7 Å². The molecular formula is C11H17N3O4. The van der Waals surface area contributed by atoms with E-state index in [0.717, 1.165) is 0 Å². The van der Waals surface area contributed by atoms with Crippen molar-refractivity contribution in [3.05, 3.63) is 12.3 Å². The summed E-state index contributed by atoms with van der Waals surface area (Å²) in [6, 6.07) is -0.473. The van der Waals surface area contributed by atoms with Gasteiger partial charge in [-0.1, -0.05) is 0 Å². The fourth-order valence-corrected chi connectivity index (χ4v) is 2.01. The van der Waals surface area contributed by atoms with Gasteiger partial charge < -0.3 is 15.2 Å². The fraction of sp³-hybridized carbons (Fsp3) is 0.636. The van der Waals surface area contributed by atoms with E-state index >= 15 is 0 Å². The van der Waals surface area contributed by atoms with Crippen LogP contribution >= 0.6 is 0 Å². The molecule has 2 heterocycles. The molecule has 1 fully saturated rings. The van der Waals surface area contributed by atoms with E-state index in [1.807, 2.05) is 0 Å². The number of ether oxygens (including phenoxy) is 1. The van der Waals surface area contributed by atoms with Gasteiger partial charge in [-0.2, -0.15) is 0 Å². The summed E-state index contributed by atoms with van der Waals surface area (Å²) < 4.78 is 5.49. The van der Waals surface area contributed by atoms with Crippen LogP contribution in [0.25, 0.3) is 0 Å². The van der Waals surface area contributed by atoms with E-state index in [0.29, 0.717) is 12.8 Å². The van der Waals surface area contributed by atoms with Crippen LogP contribution in [-0.2, 0) is 9.53 Å². The number of carbonyl (C=O) groups excluding carboxylic acids is 2. The van der Waals surface area contributed by atoms with Crippen molar-refractivity contribution >= 4 is 11.8 Å². The molecule has 2 amide bonds.